The molecule has 0 aromatic rings. The number of hydrogen-bond donors (Lipinski definition) is 21. The van der Waals surface area contributed by atoms with Crippen LogP contribution in [0.2, 0.25) is 0 Å². The van der Waals surface area contributed by atoms with Crippen molar-refractivity contribution in [2.24, 2.45) is 0 Å². The first kappa shape index (κ1) is 96.8. The largest absolute Gasteiger partial charge is 0.394 e. The van der Waals surface area contributed by atoms with Gasteiger partial charge in [-0.25, -0.2) is 0 Å². The molecule has 6 fully saturated rings. The smallest absolute Gasteiger partial charge is 0.220 e. The minimum absolute atomic E-state index is 0.186. The summed E-state index contributed by atoms with van der Waals surface area (Å²) in [5.74, 6) is -0.332. The van der Waals surface area contributed by atoms with Crippen molar-refractivity contribution in [3.63, 3.8) is 0 Å². The number of carbonyl (C=O) groups excluding carboxylic acids is 1. The van der Waals surface area contributed by atoms with Gasteiger partial charge in [0.05, 0.1) is 58.4 Å². The van der Waals surface area contributed by atoms with Crippen molar-refractivity contribution in [1.29, 1.82) is 0 Å². The number of aliphatic hydroxyl groups is 20. The maximum Gasteiger partial charge on any atom is 0.220 e. The average Bonchev–Trinajstić information content (AvgIpc) is 0.776. The Morgan fingerprint density at radius 2 is 0.591 bits per heavy atom. The fourth-order valence-corrected chi connectivity index (χ4v) is 15.0. The summed E-state index contributed by atoms with van der Waals surface area (Å²) >= 11 is 0. The van der Waals surface area contributed by atoms with Gasteiger partial charge in [-0.05, 0) is 19.3 Å². The van der Waals surface area contributed by atoms with Gasteiger partial charge in [0.15, 0.2) is 37.7 Å². The fraction of sp³-hybridized carbons (Fsp3) is 0.961. The molecule has 34 nitrogen and oxygen atoms in total. The number of amides is 1. The van der Waals surface area contributed by atoms with Crippen LogP contribution in [0.4, 0.5) is 0 Å². The summed E-state index contributed by atoms with van der Waals surface area (Å²) in [6, 6.07) is -1.05. The number of allylic oxidation sites excluding steroid dienone is 1. The van der Waals surface area contributed by atoms with Crippen molar-refractivity contribution in [3.05, 3.63) is 12.2 Å². The molecule has 0 aromatic heterocycles. The lowest BCUT2D eigenvalue weighted by Gasteiger charge is -2.50. The van der Waals surface area contributed by atoms with Crippen LogP contribution in [0.15, 0.2) is 12.2 Å². The van der Waals surface area contributed by atoms with Crippen LogP contribution in [0.1, 0.15) is 219 Å². The molecule has 0 saturated carbocycles. The molecule has 34 heteroatoms. The monoisotopic (exact) mass is 1590 g/mol. The van der Waals surface area contributed by atoms with Crippen LogP contribution in [0.3, 0.4) is 0 Å². The predicted octanol–water partition coefficient (Wildman–Crippen LogP) is -1.15. The molecule has 6 saturated heterocycles. The van der Waals surface area contributed by atoms with Crippen LogP contribution >= 0.6 is 0 Å². The van der Waals surface area contributed by atoms with Gasteiger partial charge in [0, 0.05) is 6.42 Å². The molecule has 0 aromatic carbocycles. The molecule has 0 spiro atoms. The molecule has 6 aliphatic rings. The second-order valence-corrected chi connectivity index (χ2v) is 30.6. The van der Waals surface area contributed by atoms with Gasteiger partial charge in [-0.2, -0.15) is 0 Å². The van der Waals surface area contributed by atoms with Crippen molar-refractivity contribution < 1.29 is 164 Å². The third-order valence-electron chi connectivity index (χ3n) is 21.9. The van der Waals surface area contributed by atoms with E-state index in [2.05, 4.69) is 19.2 Å². The number of rotatable bonds is 54. The zero-order valence-corrected chi connectivity index (χ0v) is 64.5. The summed E-state index contributed by atoms with van der Waals surface area (Å²) in [5, 5.41) is 223. The lowest BCUT2D eigenvalue weighted by Crippen LogP contribution is -2.68. The molecule has 6 aliphatic heterocycles. The van der Waals surface area contributed by atoms with Crippen LogP contribution in [-0.2, 0) is 61.6 Å². The number of hydrogen-bond acceptors (Lipinski definition) is 33. The maximum atomic E-state index is 13.5. The summed E-state index contributed by atoms with van der Waals surface area (Å²) in [5.41, 5.74) is 0. The summed E-state index contributed by atoms with van der Waals surface area (Å²) in [6.07, 6.45) is -19.7. The SMILES string of the molecule is CCCCCCCCCCCCC/C=C/[C@@H](O)[C@H](CO[C@@H]1OC(CO)[C@@H](O[C@@H]2OC(CO)[C@H](O[C@@H]3OC(CO)[C@H](O)[C@H](O[C@H]4OC(CO)[C@H](O)[C@H](O[C@H]5OC(CO)[C@H](O)[C@H](O[C@H]6OC(CO)[C@H](O)[C@H](O)C6O)C5O)C4O)C3O)[C@H](O)C2O)[C@H](O)C1O)NC(=O)CCCCCCCCCCCCCCCCCCCCC. The standard InChI is InChI=1S/C76H139NO33/c1-3-5-7-9-11-13-15-17-18-19-20-21-22-24-26-28-30-32-34-36-52(85)77-44(45(84)35-33-31-29-27-25-23-16-14-12-10-8-6-4-2)43-99-71-61(94)58(91)66(50(41-82)104-71)106-73-62(95)59(92)67(51(42-83)105-73)107-74-63(96)69(55(88)47(38-79)101-74)109-76-65(98)70(56(89)49(40-81)103-76)110-75-64(97)68(54(87)48(39-80)102-75)108-72-60(93)57(90)53(86)46(37-78)100-72/h33,35,44-51,53-76,78-84,86-98H,3-32,34,36-43H2,1-2H3,(H,77,85)/b35-33+/t44-,45+,46?,47?,48?,49?,50?,51?,53-,54-,55-,56-,57-,58+,59+,60?,61?,62?,63?,64?,65?,66+,67-,68-,69-,70-,71+,72+,73-,74-,75+,76+/m0/s1. The normalized spacial score (nSPS) is 37.8. The van der Waals surface area contributed by atoms with Crippen LogP contribution in [0, 0.1) is 0 Å². The second-order valence-electron chi connectivity index (χ2n) is 30.6. The van der Waals surface area contributed by atoms with Gasteiger partial charge in [-0.15, -0.1) is 0 Å². The highest BCUT2D eigenvalue weighted by Crippen LogP contribution is 2.38. The predicted molar refractivity (Wildman–Crippen MR) is 389 cm³/mol. The zero-order valence-electron chi connectivity index (χ0n) is 64.5. The Hall–Kier alpha value is -2.07. The van der Waals surface area contributed by atoms with E-state index in [0.29, 0.717) is 12.8 Å². The molecule has 12 unspecified atom stereocenters. The minimum Gasteiger partial charge on any atom is -0.394 e. The van der Waals surface area contributed by atoms with E-state index in [1.54, 1.807) is 6.08 Å². The van der Waals surface area contributed by atoms with E-state index >= 15 is 0 Å². The Kier molecular flexibility index (Phi) is 46.3. The summed E-state index contributed by atoms with van der Waals surface area (Å²) in [4.78, 5) is 13.5. The fourth-order valence-electron chi connectivity index (χ4n) is 15.0. The highest BCUT2D eigenvalue weighted by Gasteiger charge is 2.58. The third-order valence-corrected chi connectivity index (χ3v) is 21.9. The Morgan fingerprint density at radius 3 is 0.936 bits per heavy atom. The molecular weight excluding hydrogens is 1450 g/mol. The summed E-state index contributed by atoms with van der Waals surface area (Å²) in [7, 11) is 0. The molecule has 646 valence electrons. The topological polar surface area (TPSA) is 544 Å². The van der Waals surface area contributed by atoms with E-state index in [-0.39, 0.29) is 12.3 Å². The van der Waals surface area contributed by atoms with Crippen molar-refractivity contribution in [2.45, 2.75) is 416 Å². The number of carbonyl (C=O) groups is 1. The van der Waals surface area contributed by atoms with E-state index in [0.717, 1.165) is 51.4 Å². The summed E-state index contributed by atoms with van der Waals surface area (Å²) < 4.78 is 69.0. The van der Waals surface area contributed by atoms with Gasteiger partial charge in [-0.1, -0.05) is 206 Å². The minimum atomic E-state index is -2.27. The lowest BCUT2D eigenvalue weighted by atomic mass is 9.95. The average molecular weight is 1590 g/mol. The summed E-state index contributed by atoms with van der Waals surface area (Å²) in [6.45, 7) is -1.89. The molecule has 6 heterocycles. The first-order chi connectivity index (χ1) is 53.0. The number of unbranched alkanes of at least 4 members (excludes halogenated alkanes) is 29. The Morgan fingerprint density at radius 1 is 0.318 bits per heavy atom. The number of aliphatic hydroxyl groups excluding tert-OH is 20. The third kappa shape index (κ3) is 29.5. The van der Waals surface area contributed by atoms with Crippen molar-refractivity contribution in [3.8, 4) is 0 Å². The van der Waals surface area contributed by atoms with Crippen molar-refractivity contribution in [1.82, 2.24) is 5.32 Å². The van der Waals surface area contributed by atoms with E-state index in [1.807, 2.05) is 6.08 Å². The Bertz CT molecular complexity index is 2420. The first-order valence-corrected chi connectivity index (χ1v) is 41.0. The van der Waals surface area contributed by atoms with Gasteiger partial charge in [-0.3, -0.25) is 4.79 Å². The van der Waals surface area contributed by atoms with Crippen LogP contribution in [0.25, 0.3) is 0 Å². The molecule has 21 N–H and O–H groups in total. The quantitative estimate of drug-likeness (QED) is 0.0252. The highest BCUT2D eigenvalue weighted by molar-refractivity contribution is 5.76. The van der Waals surface area contributed by atoms with Crippen LogP contribution < -0.4 is 5.32 Å². The van der Waals surface area contributed by atoms with Gasteiger partial charge < -0.3 is 164 Å². The molecule has 6 rings (SSSR count). The van der Waals surface area contributed by atoms with E-state index < -0.39 is 243 Å². The molecule has 0 radical (unpaired) electrons. The van der Waals surface area contributed by atoms with Gasteiger partial charge in [0.25, 0.3) is 0 Å². The number of nitrogens with one attached hydrogen (secondary N) is 1. The molecule has 0 aliphatic carbocycles. The number of ether oxygens (including phenoxy) is 12. The first-order valence-electron chi connectivity index (χ1n) is 41.0. The van der Waals surface area contributed by atoms with Gasteiger partial charge in [0.2, 0.25) is 5.91 Å². The Labute approximate surface area is 646 Å². The van der Waals surface area contributed by atoms with Crippen LogP contribution in [0.5, 0.6) is 0 Å². The maximum absolute atomic E-state index is 13.5. The highest BCUT2D eigenvalue weighted by atomic mass is 16.8. The molecule has 1 amide bonds. The molecule has 0 bridgehead atoms. The van der Waals surface area contributed by atoms with Crippen molar-refractivity contribution in [2.75, 3.05) is 46.2 Å². The van der Waals surface area contributed by atoms with Crippen molar-refractivity contribution >= 4 is 5.91 Å². The van der Waals surface area contributed by atoms with E-state index in [4.69, 9.17) is 56.8 Å². The van der Waals surface area contributed by atoms with Crippen LogP contribution in [-0.4, -0.2) is 351 Å². The Balaban J connectivity index is 1.02. The zero-order chi connectivity index (χ0) is 80.2. The molecular formula is C76H139NO33. The second kappa shape index (κ2) is 52.7. The molecule has 32 atom stereocenters. The van der Waals surface area contributed by atoms with E-state index in [1.165, 1.54) is 135 Å². The van der Waals surface area contributed by atoms with Gasteiger partial charge in [0.1, 0.15) is 146 Å². The van der Waals surface area contributed by atoms with E-state index in [9.17, 15) is 107 Å². The lowest BCUT2D eigenvalue weighted by molar-refractivity contribution is -0.398. The van der Waals surface area contributed by atoms with Gasteiger partial charge >= 0.3 is 0 Å². The molecule has 110 heavy (non-hydrogen) atoms.